The van der Waals surface area contributed by atoms with E-state index in [9.17, 15) is 14.7 Å². The number of benzene rings is 2. The Hall–Kier alpha value is -2.87. The van der Waals surface area contributed by atoms with E-state index in [4.69, 9.17) is 16.3 Å². The summed E-state index contributed by atoms with van der Waals surface area (Å²) in [5.74, 6) is -1.47. The van der Waals surface area contributed by atoms with E-state index in [-0.39, 0.29) is 11.3 Å². The summed E-state index contributed by atoms with van der Waals surface area (Å²) in [6.07, 6.45) is 0. The lowest BCUT2D eigenvalue weighted by atomic mass is 9.95. The number of ketones is 1. The van der Waals surface area contributed by atoms with Gasteiger partial charge >= 0.3 is 0 Å². The minimum absolute atomic E-state index is 0.0990. The van der Waals surface area contributed by atoms with Crippen LogP contribution in [-0.2, 0) is 14.3 Å². The number of aliphatic hydroxyl groups is 1. The predicted octanol–water partition coefficient (Wildman–Crippen LogP) is 3.16. The molecule has 1 unspecified atom stereocenters. The fourth-order valence-corrected chi connectivity index (χ4v) is 4.38. The lowest BCUT2D eigenvalue weighted by Crippen LogP contribution is -2.42. The van der Waals surface area contributed by atoms with Gasteiger partial charge < -0.3 is 19.6 Å². The number of anilines is 1. The molecule has 2 heterocycles. The van der Waals surface area contributed by atoms with Crippen molar-refractivity contribution in [2.75, 3.05) is 58.4 Å². The topological polar surface area (TPSA) is 73.3 Å². The Balaban J connectivity index is 1.73. The normalized spacial score (nSPS) is 20.9. The molecule has 1 amide bonds. The summed E-state index contributed by atoms with van der Waals surface area (Å²) in [4.78, 5) is 32.0. The van der Waals surface area contributed by atoms with E-state index in [2.05, 4.69) is 4.90 Å². The van der Waals surface area contributed by atoms with Gasteiger partial charge in [-0.2, -0.15) is 0 Å². The Labute approximate surface area is 198 Å². The molecule has 0 aliphatic carbocycles. The quantitative estimate of drug-likeness (QED) is 0.398. The van der Waals surface area contributed by atoms with Crippen LogP contribution in [-0.4, -0.2) is 80.1 Å². The minimum atomic E-state index is -0.675. The van der Waals surface area contributed by atoms with Crippen molar-refractivity contribution in [2.45, 2.75) is 6.04 Å². The van der Waals surface area contributed by atoms with E-state index in [0.29, 0.717) is 36.9 Å². The number of halogens is 1. The molecule has 8 heteroatoms. The van der Waals surface area contributed by atoms with Crippen LogP contribution in [0.5, 0.6) is 0 Å². The number of hydrogen-bond acceptors (Lipinski definition) is 6. The molecule has 33 heavy (non-hydrogen) atoms. The van der Waals surface area contributed by atoms with E-state index < -0.39 is 17.7 Å². The third-order valence-corrected chi connectivity index (χ3v) is 6.40. The molecule has 2 aromatic carbocycles. The monoisotopic (exact) mass is 469 g/mol. The van der Waals surface area contributed by atoms with Crippen molar-refractivity contribution < 1.29 is 19.4 Å². The molecule has 2 fully saturated rings. The Morgan fingerprint density at radius 2 is 1.67 bits per heavy atom. The predicted molar refractivity (Wildman–Crippen MR) is 128 cm³/mol. The number of morpholine rings is 1. The van der Waals surface area contributed by atoms with Gasteiger partial charge in [0.25, 0.3) is 11.7 Å². The molecule has 7 nitrogen and oxygen atoms in total. The molecule has 1 atom stereocenters. The van der Waals surface area contributed by atoms with Gasteiger partial charge in [-0.1, -0.05) is 23.7 Å². The highest BCUT2D eigenvalue weighted by atomic mass is 35.5. The number of likely N-dealkylation sites (tertiary alicyclic amines) is 1. The van der Waals surface area contributed by atoms with Crippen molar-refractivity contribution in [1.82, 2.24) is 9.80 Å². The molecule has 174 valence electrons. The maximum absolute atomic E-state index is 13.1. The standard InChI is InChI=1S/C25H28ClN3O4/c1-27(2)20-9-5-17(6-10-20)22-21(23(30)18-3-7-19(26)8-4-18)24(31)25(32)29(22)12-11-28-13-15-33-16-14-28/h3-10,22,30H,11-16H2,1-2H3. The number of ether oxygens (including phenoxy) is 1. The van der Waals surface area contributed by atoms with Gasteiger partial charge in [-0.25, -0.2) is 0 Å². The first-order valence-electron chi connectivity index (χ1n) is 11.0. The summed E-state index contributed by atoms with van der Waals surface area (Å²) >= 11 is 5.99. The van der Waals surface area contributed by atoms with Gasteiger partial charge in [0.1, 0.15) is 5.76 Å². The lowest BCUT2D eigenvalue weighted by molar-refractivity contribution is -0.140. The molecule has 2 aliphatic rings. The zero-order valence-electron chi connectivity index (χ0n) is 18.8. The third kappa shape index (κ3) is 4.90. The van der Waals surface area contributed by atoms with E-state index in [1.54, 1.807) is 29.2 Å². The summed E-state index contributed by atoms with van der Waals surface area (Å²) in [5, 5.41) is 11.6. The largest absolute Gasteiger partial charge is 0.507 e. The molecular weight excluding hydrogens is 442 g/mol. The zero-order chi connectivity index (χ0) is 23.5. The summed E-state index contributed by atoms with van der Waals surface area (Å²) in [7, 11) is 3.90. The number of aliphatic hydroxyl groups excluding tert-OH is 1. The van der Waals surface area contributed by atoms with Crippen molar-refractivity contribution in [2.24, 2.45) is 0 Å². The second-order valence-corrected chi connectivity index (χ2v) is 8.88. The van der Waals surface area contributed by atoms with Gasteiger partial charge in [0, 0.05) is 56.5 Å². The first kappa shape index (κ1) is 23.3. The second-order valence-electron chi connectivity index (χ2n) is 8.44. The van der Waals surface area contributed by atoms with Crippen LogP contribution in [0.4, 0.5) is 5.69 Å². The highest BCUT2D eigenvalue weighted by Crippen LogP contribution is 2.39. The van der Waals surface area contributed by atoms with Crippen molar-refractivity contribution in [3.8, 4) is 0 Å². The average molecular weight is 470 g/mol. The molecule has 0 radical (unpaired) electrons. The summed E-state index contributed by atoms with van der Waals surface area (Å²) in [6, 6.07) is 13.6. The van der Waals surface area contributed by atoms with Crippen LogP contribution >= 0.6 is 11.6 Å². The third-order valence-electron chi connectivity index (χ3n) is 6.14. The summed E-state index contributed by atoms with van der Waals surface area (Å²) < 4.78 is 5.41. The highest BCUT2D eigenvalue weighted by molar-refractivity contribution is 6.46. The zero-order valence-corrected chi connectivity index (χ0v) is 19.6. The Morgan fingerprint density at radius 1 is 1.03 bits per heavy atom. The van der Waals surface area contributed by atoms with E-state index in [0.717, 1.165) is 24.3 Å². The molecule has 0 saturated carbocycles. The van der Waals surface area contributed by atoms with Crippen LogP contribution in [0, 0.1) is 0 Å². The summed E-state index contributed by atoms with van der Waals surface area (Å²) in [6.45, 7) is 3.90. The minimum Gasteiger partial charge on any atom is -0.507 e. The van der Waals surface area contributed by atoms with E-state index >= 15 is 0 Å². The molecule has 0 bridgehead atoms. The molecule has 0 spiro atoms. The van der Waals surface area contributed by atoms with Crippen molar-refractivity contribution >= 4 is 34.7 Å². The maximum atomic E-state index is 13.1. The number of Topliss-reactive ketones (excluding diaryl/α,β-unsaturated/α-hetero) is 1. The smallest absolute Gasteiger partial charge is 0.295 e. The first-order chi connectivity index (χ1) is 15.9. The van der Waals surface area contributed by atoms with Gasteiger partial charge in [-0.05, 0) is 42.0 Å². The number of carbonyl (C=O) groups excluding carboxylic acids is 2. The Kier molecular flexibility index (Phi) is 7.02. The van der Waals surface area contributed by atoms with Crippen LogP contribution in [0.2, 0.25) is 5.02 Å². The van der Waals surface area contributed by atoms with Gasteiger partial charge in [-0.3, -0.25) is 14.5 Å². The van der Waals surface area contributed by atoms with Crippen LogP contribution in [0.25, 0.3) is 5.76 Å². The lowest BCUT2D eigenvalue weighted by Gasteiger charge is -2.31. The molecule has 0 aromatic heterocycles. The number of hydrogen-bond donors (Lipinski definition) is 1. The Bertz CT molecular complexity index is 1040. The number of carbonyl (C=O) groups is 2. The number of rotatable bonds is 6. The van der Waals surface area contributed by atoms with Crippen LogP contribution < -0.4 is 4.90 Å². The first-order valence-corrected chi connectivity index (χ1v) is 11.4. The van der Waals surface area contributed by atoms with Crippen molar-refractivity contribution in [3.05, 3.63) is 70.3 Å². The van der Waals surface area contributed by atoms with Gasteiger partial charge in [-0.15, -0.1) is 0 Å². The number of amides is 1. The van der Waals surface area contributed by atoms with Crippen LogP contribution in [0.15, 0.2) is 54.1 Å². The Morgan fingerprint density at radius 3 is 2.27 bits per heavy atom. The second kappa shape index (κ2) is 9.95. The fourth-order valence-electron chi connectivity index (χ4n) is 4.25. The highest BCUT2D eigenvalue weighted by Gasteiger charge is 2.46. The molecular formula is C25H28ClN3O4. The van der Waals surface area contributed by atoms with Gasteiger partial charge in [0.15, 0.2) is 0 Å². The average Bonchev–Trinajstić information content (AvgIpc) is 3.08. The molecule has 2 aromatic rings. The maximum Gasteiger partial charge on any atom is 0.295 e. The van der Waals surface area contributed by atoms with Crippen molar-refractivity contribution in [1.29, 1.82) is 0 Å². The van der Waals surface area contributed by atoms with Gasteiger partial charge in [0.05, 0.1) is 24.8 Å². The SMILES string of the molecule is CN(C)c1ccc(C2C(=C(O)c3ccc(Cl)cc3)C(=O)C(=O)N2CCN2CCOCC2)cc1. The van der Waals surface area contributed by atoms with E-state index in [1.165, 1.54) is 0 Å². The molecule has 1 N–H and O–H groups in total. The van der Waals surface area contributed by atoms with E-state index in [1.807, 2.05) is 43.3 Å². The fraction of sp³-hybridized carbons (Fsp3) is 0.360. The molecule has 4 rings (SSSR count). The van der Waals surface area contributed by atoms with Crippen molar-refractivity contribution in [3.63, 3.8) is 0 Å². The van der Waals surface area contributed by atoms with Crippen LogP contribution in [0.1, 0.15) is 17.2 Å². The summed E-state index contributed by atoms with van der Waals surface area (Å²) in [5.41, 5.74) is 2.32. The van der Waals surface area contributed by atoms with Crippen LogP contribution in [0.3, 0.4) is 0 Å². The molecule has 2 saturated heterocycles. The number of nitrogens with zero attached hydrogens (tertiary/aromatic N) is 3. The molecule has 2 aliphatic heterocycles. The van der Waals surface area contributed by atoms with Gasteiger partial charge in [0.2, 0.25) is 0 Å².